The molecule has 0 radical (unpaired) electrons. The SMILES string of the molecule is CCOC(=O)[C@]1(Cc2cccc(OC)c2)CCCN(C(=O)Nc2ccc(F)cc2)C1. The number of methoxy groups -OCH3 is 1. The number of halogens is 1. The third-order valence-corrected chi connectivity index (χ3v) is 5.34. The van der Waals surface area contributed by atoms with Gasteiger partial charge < -0.3 is 19.7 Å². The number of anilines is 1. The molecule has 30 heavy (non-hydrogen) atoms. The van der Waals surface area contributed by atoms with Crippen LogP contribution in [0.1, 0.15) is 25.3 Å². The molecule has 0 saturated carbocycles. The Morgan fingerprint density at radius 3 is 2.67 bits per heavy atom. The van der Waals surface area contributed by atoms with Gasteiger partial charge in [0.25, 0.3) is 0 Å². The van der Waals surface area contributed by atoms with E-state index >= 15 is 0 Å². The molecule has 0 aliphatic carbocycles. The second kappa shape index (κ2) is 9.61. The number of hydrogen-bond donors (Lipinski definition) is 1. The van der Waals surface area contributed by atoms with E-state index in [-0.39, 0.29) is 31.0 Å². The minimum absolute atomic E-state index is 0.246. The molecular weight excluding hydrogens is 387 g/mol. The number of likely N-dealkylation sites (tertiary alicyclic amines) is 1. The van der Waals surface area contributed by atoms with Gasteiger partial charge in [0.2, 0.25) is 0 Å². The van der Waals surface area contributed by atoms with Gasteiger partial charge in [0.1, 0.15) is 11.6 Å². The number of nitrogens with zero attached hydrogens (tertiary/aromatic N) is 1. The summed E-state index contributed by atoms with van der Waals surface area (Å²) in [6.07, 6.45) is 1.76. The highest BCUT2D eigenvalue weighted by Crippen LogP contribution is 2.36. The molecule has 1 heterocycles. The van der Waals surface area contributed by atoms with E-state index in [1.807, 2.05) is 24.3 Å². The molecule has 0 bridgehead atoms. The van der Waals surface area contributed by atoms with Crippen molar-refractivity contribution < 1.29 is 23.5 Å². The van der Waals surface area contributed by atoms with Gasteiger partial charge in [-0.1, -0.05) is 12.1 Å². The van der Waals surface area contributed by atoms with Gasteiger partial charge >= 0.3 is 12.0 Å². The van der Waals surface area contributed by atoms with E-state index in [9.17, 15) is 14.0 Å². The smallest absolute Gasteiger partial charge is 0.321 e. The molecule has 1 N–H and O–H groups in total. The Kier molecular flexibility index (Phi) is 6.92. The molecule has 1 saturated heterocycles. The Labute approximate surface area is 176 Å². The first-order chi connectivity index (χ1) is 14.5. The predicted octanol–water partition coefficient (Wildman–Crippen LogP) is 4.25. The zero-order chi connectivity index (χ0) is 21.6. The second-order valence-electron chi connectivity index (χ2n) is 7.49. The van der Waals surface area contributed by atoms with Crippen LogP contribution in [-0.4, -0.2) is 43.7 Å². The molecule has 2 amide bonds. The van der Waals surface area contributed by atoms with Crippen molar-refractivity contribution in [2.24, 2.45) is 5.41 Å². The van der Waals surface area contributed by atoms with Gasteiger partial charge in [-0.2, -0.15) is 0 Å². The van der Waals surface area contributed by atoms with Crippen LogP contribution in [0, 0.1) is 11.2 Å². The van der Waals surface area contributed by atoms with Crippen molar-refractivity contribution in [3.63, 3.8) is 0 Å². The minimum atomic E-state index is -0.833. The van der Waals surface area contributed by atoms with E-state index in [0.29, 0.717) is 37.2 Å². The lowest BCUT2D eigenvalue weighted by Crippen LogP contribution is -2.52. The lowest BCUT2D eigenvalue weighted by atomic mass is 9.75. The second-order valence-corrected chi connectivity index (χ2v) is 7.49. The predicted molar refractivity (Wildman–Crippen MR) is 112 cm³/mol. The molecule has 1 atom stereocenters. The van der Waals surface area contributed by atoms with Gasteiger partial charge in [-0.05, 0) is 68.1 Å². The number of esters is 1. The lowest BCUT2D eigenvalue weighted by Gasteiger charge is -2.41. The van der Waals surface area contributed by atoms with Crippen LogP contribution < -0.4 is 10.1 Å². The van der Waals surface area contributed by atoms with Crippen LogP contribution in [0.3, 0.4) is 0 Å². The maximum Gasteiger partial charge on any atom is 0.321 e. The molecule has 0 unspecified atom stereocenters. The van der Waals surface area contributed by atoms with Gasteiger partial charge in [0.05, 0.1) is 19.1 Å². The minimum Gasteiger partial charge on any atom is -0.497 e. The molecule has 6 nitrogen and oxygen atoms in total. The van der Waals surface area contributed by atoms with Crippen LogP contribution in [0.15, 0.2) is 48.5 Å². The highest BCUT2D eigenvalue weighted by molar-refractivity contribution is 5.90. The number of piperidine rings is 1. The molecule has 0 aromatic heterocycles. The number of carbonyl (C=O) groups is 2. The Morgan fingerprint density at radius 2 is 1.97 bits per heavy atom. The summed E-state index contributed by atoms with van der Waals surface area (Å²) in [5, 5.41) is 2.78. The Hall–Kier alpha value is -3.09. The van der Waals surface area contributed by atoms with Gasteiger partial charge in [0, 0.05) is 18.8 Å². The number of benzene rings is 2. The summed E-state index contributed by atoms with van der Waals surface area (Å²) < 4.78 is 23.8. The first-order valence-electron chi connectivity index (χ1n) is 10.1. The van der Waals surface area contributed by atoms with Crippen molar-refractivity contribution in [3.05, 3.63) is 59.9 Å². The van der Waals surface area contributed by atoms with Gasteiger partial charge in [-0.3, -0.25) is 4.79 Å². The van der Waals surface area contributed by atoms with Crippen molar-refractivity contribution in [2.45, 2.75) is 26.2 Å². The highest BCUT2D eigenvalue weighted by atomic mass is 19.1. The van der Waals surface area contributed by atoms with Crippen molar-refractivity contribution in [3.8, 4) is 5.75 Å². The zero-order valence-electron chi connectivity index (χ0n) is 17.3. The zero-order valence-corrected chi connectivity index (χ0v) is 17.3. The van der Waals surface area contributed by atoms with Gasteiger partial charge in [-0.15, -0.1) is 0 Å². The number of carbonyl (C=O) groups excluding carboxylic acids is 2. The largest absolute Gasteiger partial charge is 0.497 e. The maximum absolute atomic E-state index is 13.1. The van der Waals surface area contributed by atoms with Crippen molar-refractivity contribution in [1.29, 1.82) is 0 Å². The molecule has 7 heteroatoms. The summed E-state index contributed by atoms with van der Waals surface area (Å²) >= 11 is 0. The standard InChI is InChI=1S/C23H27FN2O4/c1-3-30-21(27)23(15-17-6-4-7-20(14-17)29-2)12-5-13-26(16-23)22(28)25-19-10-8-18(24)9-11-19/h4,6-11,14H,3,5,12-13,15-16H2,1-2H3,(H,25,28)/t23-/m0/s1. The molecule has 1 fully saturated rings. The fourth-order valence-electron chi connectivity index (χ4n) is 3.88. The number of ether oxygens (including phenoxy) is 2. The van der Waals surface area contributed by atoms with Crippen LogP contribution in [0.4, 0.5) is 14.9 Å². The first-order valence-corrected chi connectivity index (χ1v) is 10.1. The van der Waals surface area contributed by atoms with E-state index in [1.165, 1.54) is 24.3 Å². The summed E-state index contributed by atoms with van der Waals surface area (Å²) in [6.45, 7) is 2.84. The normalized spacial score (nSPS) is 18.6. The van der Waals surface area contributed by atoms with E-state index in [2.05, 4.69) is 5.32 Å². The summed E-state index contributed by atoms with van der Waals surface area (Å²) in [4.78, 5) is 27.4. The molecular formula is C23H27FN2O4. The van der Waals surface area contributed by atoms with E-state index in [0.717, 1.165) is 5.56 Å². The third-order valence-electron chi connectivity index (χ3n) is 5.34. The van der Waals surface area contributed by atoms with Crippen molar-refractivity contribution in [1.82, 2.24) is 4.90 Å². The quantitative estimate of drug-likeness (QED) is 0.718. The van der Waals surface area contributed by atoms with Gasteiger partial charge in [0.15, 0.2) is 0 Å². The third kappa shape index (κ3) is 5.09. The average molecular weight is 414 g/mol. The number of rotatable bonds is 6. The average Bonchev–Trinajstić information content (AvgIpc) is 2.75. The molecule has 3 rings (SSSR count). The maximum atomic E-state index is 13.1. The Bertz CT molecular complexity index is 887. The van der Waals surface area contributed by atoms with Crippen LogP contribution in [0.5, 0.6) is 5.75 Å². The number of nitrogens with one attached hydrogen (secondary N) is 1. The fraction of sp³-hybridized carbons (Fsp3) is 0.391. The molecule has 160 valence electrons. The molecule has 2 aromatic rings. The van der Waals surface area contributed by atoms with Crippen molar-refractivity contribution in [2.75, 3.05) is 32.1 Å². The number of hydrogen-bond acceptors (Lipinski definition) is 4. The molecule has 1 aliphatic rings. The summed E-state index contributed by atoms with van der Waals surface area (Å²) in [6, 6.07) is 12.9. The van der Waals surface area contributed by atoms with Crippen LogP contribution >= 0.6 is 0 Å². The molecule has 2 aromatic carbocycles. The molecule has 1 aliphatic heterocycles. The highest BCUT2D eigenvalue weighted by Gasteiger charge is 2.45. The van der Waals surface area contributed by atoms with E-state index < -0.39 is 5.41 Å². The number of urea groups is 1. The van der Waals surface area contributed by atoms with Crippen molar-refractivity contribution >= 4 is 17.7 Å². The van der Waals surface area contributed by atoms with Crippen LogP contribution in [0.2, 0.25) is 0 Å². The van der Waals surface area contributed by atoms with Crippen LogP contribution in [-0.2, 0) is 16.0 Å². The Morgan fingerprint density at radius 1 is 1.20 bits per heavy atom. The van der Waals surface area contributed by atoms with Crippen LogP contribution in [0.25, 0.3) is 0 Å². The topological polar surface area (TPSA) is 67.9 Å². The lowest BCUT2D eigenvalue weighted by molar-refractivity contribution is -0.158. The monoisotopic (exact) mass is 414 g/mol. The van der Waals surface area contributed by atoms with Gasteiger partial charge in [-0.25, -0.2) is 9.18 Å². The Balaban J connectivity index is 1.80. The summed E-state index contributed by atoms with van der Waals surface area (Å²) in [7, 11) is 1.60. The first kappa shape index (κ1) is 21.6. The summed E-state index contributed by atoms with van der Waals surface area (Å²) in [5.41, 5.74) is 0.616. The molecule has 0 spiro atoms. The van der Waals surface area contributed by atoms with E-state index in [1.54, 1.807) is 18.9 Å². The van der Waals surface area contributed by atoms with E-state index in [4.69, 9.17) is 9.47 Å². The fourth-order valence-corrected chi connectivity index (χ4v) is 3.88. The summed E-state index contributed by atoms with van der Waals surface area (Å²) in [5.74, 6) is 0.0471. The number of amides is 2.